The summed E-state index contributed by atoms with van der Waals surface area (Å²) in [6.45, 7) is 4.14. The molecule has 15 heavy (non-hydrogen) atoms. The van der Waals surface area contributed by atoms with Gasteiger partial charge in [-0.25, -0.2) is 4.98 Å². The van der Waals surface area contributed by atoms with Gasteiger partial charge in [0.1, 0.15) is 10.4 Å². The van der Waals surface area contributed by atoms with Crippen LogP contribution in [0.3, 0.4) is 0 Å². The number of aromatic nitrogens is 2. The van der Waals surface area contributed by atoms with E-state index >= 15 is 0 Å². The van der Waals surface area contributed by atoms with Crippen molar-refractivity contribution in [1.29, 1.82) is 0 Å². The van der Waals surface area contributed by atoms with Crippen LogP contribution in [0.15, 0.2) is 15.2 Å². The molecule has 0 aromatic carbocycles. The Morgan fingerprint density at radius 3 is 3.00 bits per heavy atom. The maximum absolute atomic E-state index is 11.1. The van der Waals surface area contributed by atoms with Gasteiger partial charge in [0, 0.05) is 11.3 Å². The molecule has 2 rings (SSSR count). The van der Waals surface area contributed by atoms with Crippen LogP contribution in [0.5, 0.6) is 5.75 Å². The summed E-state index contributed by atoms with van der Waals surface area (Å²) < 4.78 is 1.50. The van der Waals surface area contributed by atoms with Crippen molar-refractivity contribution in [3.05, 3.63) is 16.4 Å². The second kappa shape index (κ2) is 3.86. The molecule has 0 fully saturated rings. The third-order valence-corrected chi connectivity index (χ3v) is 3.86. The van der Waals surface area contributed by atoms with Gasteiger partial charge in [-0.15, -0.1) is 11.3 Å². The van der Waals surface area contributed by atoms with E-state index in [0.29, 0.717) is 15.6 Å². The molecule has 2 aromatic heterocycles. The van der Waals surface area contributed by atoms with Gasteiger partial charge in [0.2, 0.25) is 0 Å². The molecular weight excluding hydrogens is 232 g/mol. The lowest BCUT2D eigenvalue weighted by molar-refractivity contribution is 0.481. The van der Waals surface area contributed by atoms with Crippen LogP contribution in [0.4, 0.5) is 0 Å². The molecule has 0 saturated carbocycles. The number of pyridine rings is 1. The van der Waals surface area contributed by atoms with Gasteiger partial charge in [-0.05, 0) is 0 Å². The zero-order valence-corrected chi connectivity index (χ0v) is 9.91. The Kier molecular flexibility index (Phi) is 2.70. The molecule has 2 N–H and O–H groups in total. The molecule has 0 spiro atoms. The number of nitrogens with one attached hydrogen (secondary N) is 1. The fourth-order valence-electron chi connectivity index (χ4n) is 1.15. The first kappa shape index (κ1) is 10.5. The van der Waals surface area contributed by atoms with Crippen LogP contribution >= 0.6 is 23.1 Å². The maximum atomic E-state index is 11.1. The monoisotopic (exact) mass is 242 g/mol. The molecule has 80 valence electrons. The number of hydrogen-bond donors (Lipinski definition) is 2. The average molecular weight is 242 g/mol. The average Bonchev–Trinajstić information content (AvgIpc) is 2.45. The fourth-order valence-corrected chi connectivity index (χ4v) is 3.39. The topological polar surface area (TPSA) is 66.0 Å². The largest absolute Gasteiger partial charge is 0.506 e. The van der Waals surface area contributed by atoms with Crippen molar-refractivity contribution < 1.29 is 5.11 Å². The molecule has 0 unspecified atom stereocenters. The summed E-state index contributed by atoms with van der Waals surface area (Å²) >= 11 is 3.01. The van der Waals surface area contributed by atoms with Gasteiger partial charge < -0.3 is 10.1 Å². The summed E-state index contributed by atoms with van der Waals surface area (Å²) in [6.07, 6.45) is 0. The van der Waals surface area contributed by atoms with Crippen LogP contribution in [0.2, 0.25) is 0 Å². The fraction of sp³-hybridized carbons (Fsp3) is 0.333. The van der Waals surface area contributed by atoms with Gasteiger partial charge >= 0.3 is 0 Å². The summed E-state index contributed by atoms with van der Waals surface area (Å²) in [7, 11) is 0. The molecular formula is C9H10N2O2S2. The predicted octanol–water partition coefficient (Wildman–Crippen LogP) is 2.19. The molecule has 0 aliphatic heterocycles. The van der Waals surface area contributed by atoms with E-state index in [2.05, 4.69) is 23.8 Å². The van der Waals surface area contributed by atoms with E-state index in [-0.39, 0.29) is 11.3 Å². The van der Waals surface area contributed by atoms with E-state index in [9.17, 15) is 9.90 Å². The first-order valence-corrected chi connectivity index (χ1v) is 6.15. The molecule has 0 aliphatic carbocycles. The van der Waals surface area contributed by atoms with Crippen molar-refractivity contribution in [1.82, 2.24) is 9.97 Å². The van der Waals surface area contributed by atoms with Crippen molar-refractivity contribution in [3.63, 3.8) is 0 Å². The molecule has 0 aliphatic rings. The number of rotatable bonds is 2. The van der Waals surface area contributed by atoms with Crippen molar-refractivity contribution in [2.45, 2.75) is 23.4 Å². The van der Waals surface area contributed by atoms with Crippen molar-refractivity contribution in [2.24, 2.45) is 0 Å². The highest BCUT2D eigenvalue weighted by Gasteiger charge is 2.10. The summed E-state index contributed by atoms with van der Waals surface area (Å²) in [5.74, 6) is 0.00172. The number of aromatic hydroxyl groups is 1. The number of hydrogen-bond acceptors (Lipinski definition) is 5. The Labute approximate surface area is 94.4 Å². The van der Waals surface area contributed by atoms with Crippen LogP contribution in [0.1, 0.15) is 13.8 Å². The Morgan fingerprint density at radius 1 is 1.60 bits per heavy atom. The Bertz CT molecular complexity index is 545. The first-order chi connectivity index (χ1) is 7.06. The van der Waals surface area contributed by atoms with Crippen LogP contribution < -0.4 is 5.56 Å². The van der Waals surface area contributed by atoms with Gasteiger partial charge in [-0.1, -0.05) is 25.6 Å². The lowest BCUT2D eigenvalue weighted by atomic mass is 10.4. The van der Waals surface area contributed by atoms with Crippen molar-refractivity contribution in [2.75, 3.05) is 0 Å². The SMILES string of the molecule is CC(C)Sc1nc2[nH]c(=O)cc(O)c2s1. The highest BCUT2D eigenvalue weighted by molar-refractivity contribution is 8.01. The third kappa shape index (κ3) is 2.15. The molecule has 0 radical (unpaired) electrons. The van der Waals surface area contributed by atoms with E-state index < -0.39 is 0 Å². The second-order valence-electron chi connectivity index (χ2n) is 3.34. The van der Waals surface area contributed by atoms with Gasteiger partial charge in [-0.2, -0.15) is 0 Å². The lowest BCUT2D eigenvalue weighted by Gasteiger charge is -1.97. The molecule has 0 saturated heterocycles. The number of thioether (sulfide) groups is 1. The third-order valence-electron chi connectivity index (χ3n) is 1.69. The van der Waals surface area contributed by atoms with E-state index in [4.69, 9.17) is 0 Å². The standard InChI is InChI=1S/C9H10N2O2S2/c1-4(2)14-9-11-8-7(15-9)5(12)3-6(13)10-8/h3-4H,1-2H3,(H2,10,12,13). The van der Waals surface area contributed by atoms with E-state index in [1.165, 1.54) is 17.4 Å². The molecule has 2 heterocycles. The molecule has 4 nitrogen and oxygen atoms in total. The van der Waals surface area contributed by atoms with Crippen LogP contribution in [0.25, 0.3) is 10.3 Å². The maximum Gasteiger partial charge on any atom is 0.253 e. The Balaban J connectivity index is 2.55. The quantitative estimate of drug-likeness (QED) is 0.792. The number of aromatic amines is 1. The minimum Gasteiger partial charge on any atom is -0.506 e. The Morgan fingerprint density at radius 2 is 2.33 bits per heavy atom. The normalized spacial score (nSPS) is 11.4. The Hall–Kier alpha value is -1.01. The van der Waals surface area contributed by atoms with Gasteiger partial charge in [0.25, 0.3) is 5.56 Å². The zero-order chi connectivity index (χ0) is 11.0. The van der Waals surface area contributed by atoms with Crippen molar-refractivity contribution in [3.8, 4) is 5.75 Å². The highest BCUT2D eigenvalue weighted by Crippen LogP contribution is 2.34. The van der Waals surface area contributed by atoms with Crippen LogP contribution in [-0.4, -0.2) is 20.3 Å². The summed E-state index contributed by atoms with van der Waals surface area (Å²) in [4.78, 5) is 17.9. The van der Waals surface area contributed by atoms with E-state index in [1.54, 1.807) is 11.8 Å². The molecule has 2 aromatic rings. The zero-order valence-electron chi connectivity index (χ0n) is 8.27. The highest BCUT2D eigenvalue weighted by atomic mass is 32.2. The molecule has 0 atom stereocenters. The van der Waals surface area contributed by atoms with Crippen LogP contribution in [-0.2, 0) is 0 Å². The van der Waals surface area contributed by atoms with Gasteiger partial charge in [-0.3, -0.25) is 4.79 Å². The first-order valence-electron chi connectivity index (χ1n) is 4.46. The van der Waals surface area contributed by atoms with Gasteiger partial charge in [0.15, 0.2) is 9.99 Å². The number of fused-ring (bicyclic) bond motifs is 1. The van der Waals surface area contributed by atoms with Gasteiger partial charge in [0.05, 0.1) is 0 Å². The van der Waals surface area contributed by atoms with Crippen molar-refractivity contribution >= 4 is 33.4 Å². The minimum absolute atomic E-state index is 0.00172. The smallest absolute Gasteiger partial charge is 0.253 e. The lowest BCUT2D eigenvalue weighted by Crippen LogP contribution is -2.02. The second-order valence-corrected chi connectivity index (χ2v) is 6.17. The number of thiazole rings is 1. The summed E-state index contributed by atoms with van der Waals surface area (Å²) in [5.41, 5.74) is 0.138. The molecule has 0 amide bonds. The van der Waals surface area contributed by atoms with E-state index in [0.717, 1.165) is 4.34 Å². The minimum atomic E-state index is -0.327. The molecule has 0 bridgehead atoms. The van der Waals surface area contributed by atoms with Crippen LogP contribution in [0, 0.1) is 0 Å². The summed E-state index contributed by atoms with van der Waals surface area (Å²) in [6, 6.07) is 1.17. The number of H-pyrrole nitrogens is 1. The number of nitrogens with zero attached hydrogens (tertiary/aromatic N) is 1. The predicted molar refractivity (Wildman–Crippen MR) is 62.9 cm³/mol. The molecule has 6 heteroatoms. The summed E-state index contributed by atoms with van der Waals surface area (Å²) in [5, 5.41) is 9.97. The van der Waals surface area contributed by atoms with E-state index in [1.807, 2.05) is 0 Å².